The van der Waals surface area contributed by atoms with Crippen molar-refractivity contribution in [3.05, 3.63) is 137 Å². The molecule has 0 aliphatic carbocycles. The van der Waals surface area contributed by atoms with Crippen LogP contribution in [0.5, 0.6) is 0 Å². The lowest BCUT2D eigenvalue weighted by atomic mass is 9.99. The van der Waals surface area contributed by atoms with Gasteiger partial charge in [-0.3, -0.25) is 0 Å². The highest BCUT2D eigenvalue weighted by molar-refractivity contribution is 6.22. The van der Waals surface area contributed by atoms with Gasteiger partial charge >= 0.3 is 11.9 Å². The minimum absolute atomic E-state index is 0.143. The molecule has 0 amide bonds. The molecule has 8 rings (SSSR count). The molecule has 282 valence electrons. The summed E-state index contributed by atoms with van der Waals surface area (Å²) in [5.74, 6) is -0.797. The van der Waals surface area contributed by atoms with Crippen LogP contribution in [0.3, 0.4) is 0 Å². The number of carbonyl (C=O) groups excluding carboxylic acids is 2. The van der Waals surface area contributed by atoms with Crippen LogP contribution in [0.4, 0.5) is 11.4 Å². The first-order valence-corrected chi connectivity index (χ1v) is 19.6. The van der Waals surface area contributed by atoms with Gasteiger partial charge in [0.05, 0.1) is 11.1 Å². The molecule has 0 aromatic heterocycles. The SMILES string of the molecule is CN1C2CCC1CC(OC(=O)/C(=C\c1ccccc1)c1cccc(N=[N+]([O-])c3cccc(/C(=C/c4ccccc4)C(=O)OC4CC5CCC(C4)N5C)c3)c1)C2. The molecular formula is C46H48N4O5. The topological polar surface area (TPSA) is 97.5 Å². The standard InChI is InChI=1S/C46H48N4O5/c1-48-36-19-20-37(48)28-41(27-36)54-45(51)43(23-31-11-5-3-6-12-31)33-15-9-17-35(25-33)47-50(53)40-18-10-16-34(26-40)44(24-32-13-7-4-8-14-32)46(52)55-42-29-38-21-22-39(30-42)49(38)2/h3-18,23-26,36-39,41-42H,19-22,27-30H2,1-2H3/b43-23-,44-24-,50-47?. The Hall–Kier alpha value is -5.38. The average molecular weight is 737 g/mol. The van der Waals surface area contributed by atoms with Gasteiger partial charge in [-0.2, -0.15) is 0 Å². The largest absolute Gasteiger partial charge is 0.594 e. The van der Waals surface area contributed by atoms with Crippen LogP contribution < -0.4 is 0 Å². The van der Waals surface area contributed by atoms with Crippen molar-refractivity contribution < 1.29 is 23.9 Å². The number of carbonyl (C=O) groups is 2. The Morgan fingerprint density at radius 3 is 1.53 bits per heavy atom. The first kappa shape index (κ1) is 36.6. The van der Waals surface area contributed by atoms with Crippen LogP contribution in [0.1, 0.15) is 73.6 Å². The zero-order chi connectivity index (χ0) is 37.9. The van der Waals surface area contributed by atoms with E-state index in [1.165, 1.54) is 0 Å². The summed E-state index contributed by atoms with van der Waals surface area (Å²) in [6.07, 6.45) is 11.2. The maximum Gasteiger partial charge on any atom is 0.339 e. The Bertz CT molecular complexity index is 2090. The monoisotopic (exact) mass is 736 g/mol. The predicted octanol–water partition coefficient (Wildman–Crippen LogP) is 9.03. The van der Waals surface area contributed by atoms with E-state index >= 15 is 0 Å². The summed E-state index contributed by atoms with van der Waals surface area (Å²) in [7, 11) is 4.33. The quantitative estimate of drug-likeness (QED) is 0.0400. The number of hydrogen-bond donors (Lipinski definition) is 0. The smallest absolute Gasteiger partial charge is 0.339 e. The van der Waals surface area contributed by atoms with E-state index < -0.39 is 5.97 Å². The van der Waals surface area contributed by atoms with Crippen LogP contribution in [-0.4, -0.2) is 77.1 Å². The molecule has 0 saturated carbocycles. The molecule has 4 aliphatic rings. The lowest BCUT2D eigenvalue weighted by Gasteiger charge is -2.35. The third kappa shape index (κ3) is 8.33. The zero-order valence-electron chi connectivity index (χ0n) is 31.5. The maximum atomic E-state index is 13.9. The molecule has 9 heteroatoms. The number of fused-ring (bicyclic) bond motifs is 4. The fraction of sp³-hybridized carbons (Fsp3) is 0.348. The van der Waals surface area contributed by atoms with E-state index in [0.29, 0.717) is 57.0 Å². The van der Waals surface area contributed by atoms with E-state index in [2.05, 4.69) is 29.0 Å². The summed E-state index contributed by atoms with van der Waals surface area (Å²) in [5, 5.41) is 18.1. The van der Waals surface area contributed by atoms with Crippen molar-refractivity contribution in [2.24, 2.45) is 5.11 Å². The second kappa shape index (κ2) is 16.2. The fourth-order valence-electron chi connectivity index (χ4n) is 8.99. The molecule has 4 aromatic carbocycles. The van der Waals surface area contributed by atoms with Gasteiger partial charge in [-0.25, -0.2) is 9.59 Å². The van der Waals surface area contributed by atoms with Crippen LogP contribution in [0.15, 0.2) is 114 Å². The molecule has 55 heavy (non-hydrogen) atoms. The van der Waals surface area contributed by atoms with Gasteiger partial charge < -0.3 is 24.5 Å². The van der Waals surface area contributed by atoms with Crippen molar-refractivity contribution in [1.82, 2.24) is 9.80 Å². The summed E-state index contributed by atoms with van der Waals surface area (Å²) in [4.78, 5) is 33.2. The summed E-state index contributed by atoms with van der Waals surface area (Å²) in [6, 6.07) is 35.0. The van der Waals surface area contributed by atoms with E-state index in [1.54, 1.807) is 36.4 Å². The molecule has 0 spiro atoms. The molecule has 0 radical (unpaired) electrons. The number of ether oxygens (including phenoxy) is 2. The molecule has 0 N–H and O–H groups in total. The van der Waals surface area contributed by atoms with Gasteiger partial charge in [-0.1, -0.05) is 89.8 Å². The van der Waals surface area contributed by atoms with Gasteiger partial charge in [-0.15, -0.1) is 0 Å². The Morgan fingerprint density at radius 2 is 1.05 bits per heavy atom. The molecule has 9 nitrogen and oxygen atoms in total. The summed E-state index contributed by atoms with van der Waals surface area (Å²) >= 11 is 0. The normalized spacial score (nSPS) is 25.8. The number of rotatable bonds is 10. The molecule has 4 aromatic rings. The number of esters is 2. The number of hydrogen-bond acceptors (Lipinski definition) is 8. The maximum absolute atomic E-state index is 13.9. The van der Waals surface area contributed by atoms with Crippen molar-refractivity contribution in [3.63, 3.8) is 0 Å². The highest BCUT2D eigenvalue weighted by Crippen LogP contribution is 2.38. The summed E-state index contributed by atoms with van der Waals surface area (Å²) in [6.45, 7) is 0. The van der Waals surface area contributed by atoms with Gasteiger partial charge in [0.15, 0.2) is 0 Å². The predicted molar refractivity (Wildman–Crippen MR) is 214 cm³/mol. The van der Waals surface area contributed by atoms with Crippen LogP contribution in [0, 0.1) is 5.21 Å². The second-order valence-corrected chi connectivity index (χ2v) is 15.5. The highest BCUT2D eigenvalue weighted by Gasteiger charge is 2.41. The zero-order valence-corrected chi connectivity index (χ0v) is 31.5. The minimum Gasteiger partial charge on any atom is -0.594 e. The van der Waals surface area contributed by atoms with Crippen molar-refractivity contribution in [2.45, 2.75) is 87.7 Å². The third-order valence-electron chi connectivity index (χ3n) is 12.1. The van der Waals surface area contributed by atoms with E-state index in [9.17, 15) is 14.8 Å². The van der Waals surface area contributed by atoms with Crippen LogP contribution in [0.25, 0.3) is 23.3 Å². The fourth-order valence-corrected chi connectivity index (χ4v) is 8.99. The van der Waals surface area contributed by atoms with Gasteiger partial charge in [0.1, 0.15) is 17.9 Å². The molecule has 4 heterocycles. The van der Waals surface area contributed by atoms with Crippen LogP contribution in [0.2, 0.25) is 0 Å². The van der Waals surface area contributed by atoms with Gasteiger partial charge in [0, 0.05) is 67.1 Å². The van der Waals surface area contributed by atoms with Crippen molar-refractivity contribution in [1.29, 1.82) is 0 Å². The lowest BCUT2D eigenvalue weighted by Crippen LogP contribution is -2.43. The molecule has 4 saturated heterocycles. The average Bonchev–Trinajstić information content (AvgIpc) is 3.51. The molecule has 4 atom stereocenters. The molecule has 4 aliphatic heterocycles. The van der Waals surface area contributed by atoms with Crippen molar-refractivity contribution in [3.8, 4) is 0 Å². The van der Waals surface area contributed by atoms with Crippen molar-refractivity contribution >= 4 is 46.6 Å². The number of azo groups is 1. The number of nitrogens with zero attached hydrogens (tertiary/aromatic N) is 4. The number of piperidine rings is 2. The highest BCUT2D eigenvalue weighted by atomic mass is 16.5. The van der Waals surface area contributed by atoms with Gasteiger partial charge in [0.25, 0.3) is 0 Å². The van der Waals surface area contributed by atoms with E-state index in [-0.39, 0.29) is 23.9 Å². The Kier molecular flexibility index (Phi) is 10.7. The first-order chi connectivity index (χ1) is 26.8. The first-order valence-electron chi connectivity index (χ1n) is 19.6. The Balaban J connectivity index is 1.05. The van der Waals surface area contributed by atoms with Crippen LogP contribution in [-0.2, 0) is 19.1 Å². The lowest BCUT2D eigenvalue weighted by molar-refractivity contribution is -0.435. The molecule has 4 fully saturated rings. The number of benzene rings is 4. The Morgan fingerprint density at radius 1 is 0.618 bits per heavy atom. The Labute approximate surface area is 323 Å². The molecule has 4 unspecified atom stereocenters. The van der Waals surface area contributed by atoms with Crippen LogP contribution >= 0.6 is 0 Å². The van der Waals surface area contributed by atoms with Gasteiger partial charge in [-0.05, 0) is 86.3 Å². The minimum atomic E-state index is -0.408. The van der Waals surface area contributed by atoms with Crippen molar-refractivity contribution in [2.75, 3.05) is 14.1 Å². The summed E-state index contributed by atoms with van der Waals surface area (Å²) in [5.41, 5.74) is 4.29. The third-order valence-corrected chi connectivity index (χ3v) is 12.1. The second-order valence-electron chi connectivity index (χ2n) is 15.5. The summed E-state index contributed by atoms with van der Waals surface area (Å²) < 4.78 is 12.4. The van der Waals surface area contributed by atoms with Gasteiger partial charge in [0.2, 0.25) is 5.69 Å². The molecular weight excluding hydrogens is 689 g/mol. The molecule has 4 bridgehead atoms. The van der Waals surface area contributed by atoms with E-state index in [4.69, 9.17) is 9.47 Å². The van der Waals surface area contributed by atoms with E-state index in [0.717, 1.165) is 62.5 Å². The van der Waals surface area contributed by atoms with E-state index in [1.807, 2.05) is 84.9 Å².